The first-order valence-corrected chi connectivity index (χ1v) is 9.47. The normalized spacial score (nSPS) is 20.4. The molecule has 2 aliphatic heterocycles. The van der Waals surface area contributed by atoms with Gasteiger partial charge in [0.2, 0.25) is 0 Å². The number of hydrogen-bond donors (Lipinski definition) is 1. The Morgan fingerprint density at radius 1 is 1.26 bits per heavy atom. The maximum atomic E-state index is 12.8. The molecule has 4 rings (SSSR count). The average Bonchev–Trinajstić information content (AvgIpc) is 3.39. The summed E-state index contributed by atoms with van der Waals surface area (Å²) in [7, 11) is 3.95. The van der Waals surface area contributed by atoms with E-state index in [9.17, 15) is 9.59 Å². The van der Waals surface area contributed by atoms with E-state index in [0.717, 1.165) is 25.3 Å². The second-order valence-corrected chi connectivity index (χ2v) is 7.48. The quantitative estimate of drug-likeness (QED) is 0.862. The van der Waals surface area contributed by atoms with E-state index in [-0.39, 0.29) is 17.9 Å². The second kappa shape index (κ2) is 7.19. The number of carbonyl (C=O) groups excluding carboxylic acids is 2. The molecule has 27 heavy (non-hydrogen) atoms. The van der Waals surface area contributed by atoms with Crippen LogP contribution in [-0.2, 0) is 13.0 Å². The lowest BCUT2D eigenvalue weighted by Crippen LogP contribution is -2.38. The van der Waals surface area contributed by atoms with E-state index in [4.69, 9.17) is 0 Å². The van der Waals surface area contributed by atoms with Crippen molar-refractivity contribution in [1.82, 2.24) is 29.2 Å². The molecule has 2 aromatic heterocycles. The van der Waals surface area contributed by atoms with Gasteiger partial charge >= 0.3 is 0 Å². The minimum atomic E-state index is -0.0183. The van der Waals surface area contributed by atoms with E-state index in [1.807, 2.05) is 33.7 Å². The summed E-state index contributed by atoms with van der Waals surface area (Å²) in [6.45, 7) is 3.79. The Labute approximate surface area is 158 Å². The van der Waals surface area contributed by atoms with Crippen LogP contribution in [-0.4, -0.2) is 87.4 Å². The fraction of sp³-hybridized carbons (Fsp3) is 0.526. The fourth-order valence-electron chi connectivity index (χ4n) is 3.94. The van der Waals surface area contributed by atoms with Gasteiger partial charge in [0.05, 0.1) is 0 Å². The first kappa shape index (κ1) is 17.8. The number of imidazole rings is 1. The molecule has 2 amide bonds. The van der Waals surface area contributed by atoms with E-state index >= 15 is 0 Å². The summed E-state index contributed by atoms with van der Waals surface area (Å²) in [6, 6.07) is 3.86. The van der Waals surface area contributed by atoms with Crippen LogP contribution in [0, 0.1) is 0 Å². The van der Waals surface area contributed by atoms with Crippen molar-refractivity contribution >= 4 is 11.8 Å². The van der Waals surface area contributed by atoms with Crippen molar-refractivity contribution in [2.24, 2.45) is 0 Å². The highest BCUT2D eigenvalue weighted by Crippen LogP contribution is 2.17. The molecule has 0 spiro atoms. The van der Waals surface area contributed by atoms with Gasteiger partial charge in [-0.1, -0.05) is 0 Å². The number of carbonyl (C=O) groups is 2. The molecule has 8 nitrogen and oxygen atoms in total. The number of H-pyrrole nitrogens is 1. The van der Waals surface area contributed by atoms with Crippen LogP contribution < -0.4 is 0 Å². The van der Waals surface area contributed by atoms with Gasteiger partial charge in [0.25, 0.3) is 11.8 Å². The minimum absolute atomic E-state index is 0.00661. The molecule has 0 aromatic carbocycles. The minimum Gasteiger partial charge on any atom is -0.357 e. The largest absolute Gasteiger partial charge is 0.357 e. The fourth-order valence-corrected chi connectivity index (χ4v) is 3.94. The maximum absolute atomic E-state index is 12.8. The van der Waals surface area contributed by atoms with Gasteiger partial charge in [-0.25, -0.2) is 4.98 Å². The molecule has 0 radical (unpaired) electrons. The Kier molecular flexibility index (Phi) is 4.73. The second-order valence-electron chi connectivity index (χ2n) is 7.48. The van der Waals surface area contributed by atoms with Crippen LogP contribution in [0.3, 0.4) is 0 Å². The van der Waals surface area contributed by atoms with Gasteiger partial charge in [0, 0.05) is 58.1 Å². The third kappa shape index (κ3) is 3.49. The average molecular weight is 370 g/mol. The molecular formula is C19H26N6O2. The van der Waals surface area contributed by atoms with Crippen LogP contribution in [0.1, 0.15) is 33.2 Å². The summed E-state index contributed by atoms with van der Waals surface area (Å²) in [5.41, 5.74) is 1.11. The molecule has 1 atom stereocenters. The number of amides is 2. The molecule has 1 N–H and O–H groups in total. The molecule has 0 bridgehead atoms. The van der Waals surface area contributed by atoms with E-state index in [1.165, 1.54) is 0 Å². The summed E-state index contributed by atoms with van der Waals surface area (Å²) in [4.78, 5) is 38.8. The van der Waals surface area contributed by atoms with Crippen LogP contribution in [0.25, 0.3) is 0 Å². The summed E-state index contributed by atoms with van der Waals surface area (Å²) in [5, 5.41) is 0. The third-order valence-electron chi connectivity index (χ3n) is 5.64. The zero-order chi connectivity index (χ0) is 19.0. The number of hydrogen-bond acceptors (Lipinski definition) is 4. The van der Waals surface area contributed by atoms with Crippen molar-refractivity contribution in [3.63, 3.8) is 0 Å². The summed E-state index contributed by atoms with van der Waals surface area (Å²) < 4.78 is 2.02. The first-order chi connectivity index (χ1) is 13.0. The highest BCUT2D eigenvalue weighted by molar-refractivity contribution is 5.93. The van der Waals surface area contributed by atoms with Crippen molar-refractivity contribution in [2.45, 2.75) is 25.4 Å². The number of likely N-dealkylation sites (N-methyl/N-ethyl adjacent to an activating group) is 2. The third-order valence-corrected chi connectivity index (χ3v) is 5.64. The van der Waals surface area contributed by atoms with Gasteiger partial charge in [-0.05, 0) is 32.1 Å². The van der Waals surface area contributed by atoms with Crippen molar-refractivity contribution in [2.75, 3.05) is 40.3 Å². The molecule has 2 aromatic rings. The standard InChI is InChI=1S/C19H26N6O2/c1-22-8-5-14(12-22)23(2)18(26)16-13-25-11-10-24(9-6-17(25)21-16)19(27)15-4-3-7-20-15/h3-4,7,13-14,20H,5-6,8-12H2,1-2H3. The Hall–Kier alpha value is -2.61. The SMILES string of the molecule is CN1CCC(N(C)C(=O)c2cn3c(n2)CCN(C(=O)c2ccc[nH]2)CC3)C1. The van der Waals surface area contributed by atoms with Crippen LogP contribution in [0.15, 0.2) is 24.5 Å². The molecule has 2 aliphatic rings. The topological polar surface area (TPSA) is 77.5 Å². The van der Waals surface area contributed by atoms with E-state index in [0.29, 0.717) is 37.4 Å². The Morgan fingerprint density at radius 2 is 2.11 bits per heavy atom. The smallest absolute Gasteiger partial charge is 0.274 e. The van der Waals surface area contributed by atoms with E-state index in [1.54, 1.807) is 12.3 Å². The number of aromatic nitrogens is 3. The molecular weight excluding hydrogens is 344 g/mol. The molecule has 8 heteroatoms. The molecule has 4 heterocycles. The lowest BCUT2D eigenvalue weighted by atomic mass is 10.2. The van der Waals surface area contributed by atoms with Crippen LogP contribution >= 0.6 is 0 Å². The number of fused-ring (bicyclic) bond motifs is 1. The Balaban J connectivity index is 1.43. The molecule has 0 saturated carbocycles. The van der Waals surface area contributed by atoms with E-state index < -0.39 is 0 Å². The predicted octanol–water partition coefficient (Wildman–Crippen LogP) is 0.686. The Morgan fingerprint density at radius 3 is 2.81 bits per heavy atom. The summed E-state index contributed by atoms with van der Waals surface area (Å²) in [5.74, 6) is 0.861. The van der Waals surface area contributed by atoms with Gasteiger partial charge in [-0.15, -0.1) is 0 Å². The van der Waals surface area contributed by atoms with Crippen LogP contribution in [0.2, 0.25) is 0 Å². The molecule has 1 unspecified atom stereocenters. The molecule has 144 valence electrons. The predicted molar refractivity (Wildman–Crippen MR) is 101 cm³/mol. The summed E-state index contributed by atoms with van der Waals surface area (Å²) in [6.07, 6.45) is 5.25. The van der Waals surface area contributed by atoms with Crippen LogP contribution in [0.5, 0.6) is 0 Å². The first-order valence-electron chi connectivity index (χ1n) is 9.47. The van der Waals surface area contributed by atoms with Gasteiger partial charge in [-0.2, -0.15) is 0 Å². The highest BCUT2D eigenvalue weighted by Gasteiger charge is 2.29. The van der Waals surface area contributed by atoms with Crippen molar-refractivity contribution in [3.05, 3.63) is 41.7 Å². The zero-order valence-corrected chi connectivity index (χ0v) is 15.9. The van der Waals surface area contributed by atoms with Gasteiger partial charge < -0.3 is 24.3 Å². The molecule has 0 aliphatic carbocycles. The van der Waals surface area contributed by atoms with Crippen molar-refractivity contribution < 1.29 is 9.59 Å². The maximum Gasteiger partial charge on any atom is 0.274 e. The van der Waals surface area contributed by atoms with Gasteiger partial charge in [0.1, 0.15) is 17.2 Å². The molecule has 1 fully saturated rings. The number of likely N-dealkylation sites (tertiary alicyclic amines) is 1. The zero-order valence-electron chi connectivity index (χ0n) is 15.9. The number of nitrogens with zero attached hydrogens (tertiary/aromatic N) is 5. The van der Waals surface area contributed by atoms with Crippen LogP contribution in [0.4, 0.5) is 0 Å². The Bertz CT molecular complexity index is 802. The lowest BCUT2D eigenvalue weighted by molar-refractivity contribution is 0.0726. The number of nitrogens with one attached hydrogen (secondary N) is 1. The number of aromatic amines is 1. The van der Waals surface area contributed by atoms with E-state index in [2.05, 4.69) is 21.9 Å². The highest BCUT2D eigenvalue weighted by atomic mass is 16.2. The van der Waals surface area contributed by atoms with Crippen molar-refractivity contribution in [1.29, 1.82) is 0 Å². The monoisotopic (exact) mass is 370 g/mol. The van der Waals surface area contributed by atoms with Gasteiger partial charge in [-0.3, -0.25) is 9.59 Å². The summed E-state index contributed by atoms with van der Waals surface area (Å²) >= 11 is 0. The van der Waals surface area contributed by atoms with Crippen molar-refractivity contribution in [3.8, 4) is 0 Å². The van der Waals surface area contributed by atoms with Gasteiger partial charge in [0.15, 0.2) is 0 Å². The molecule has 1 saturated heterocycles. The lowest BCUT2D eigenvalue weighted by Gasteiger charge is -2.23. The number of rotatable bonds is 3.